The maximum absolute atomic E-state index is 12.3. The first-order valence-corrected chi connectivity index (χ1v) is 9.94. The minimum atomic E-state index is -0.532. The molecule has 0 saturated heterocycles. The van der Waals surface area contributed by atoms with E-state index >= 15 is 0 Å². The number of hydrogen-bond donors (Lipinski definition) is 1. The van der Waals surface area contributed by atoms with Crippen molar-refractivity contribution in [3.63, 3.8) is 0 Å². The fourth-order valence-electron chi connectivity index (χ4n) is 2.33. The number of thiophene rings is 1. The van der Waals surface area contributed by atoms with E-state index in [9.17, 15) is 14.4 Å². The van der Waals surface area contributed by atoms with Crippen LogP contribution < -0.4 is 5.32 Å². The Bertz CT molecular complexity index is 825. The summed E-state index contributed by atoms with van der Waals surface area (Å²) in [6.07, 6.45) is 0. The Morgan fingerprint density at radius 1 is 1.15 bits per heavy atom. The van der Waals surface area contributed by atoms with Crippen LogP contribution in [0.2, 0.25) is 0 Å². The molecule has 0 aliphatic rings. The average Bonchev–Trinajstić information content (AvgIpc) is 2.91. The third-order valence-electron chi connectivity index (χ3n) is 3.59. The summed E-state index contributed by atoms with van der Waals surface area (Å²) in [7, 11) is 0. The maximum atomic E-state index is 12.3. The van der Waals surface area contributed by atoms with Gasteiger partial charge in [-0.25, -0.2) is 4.79 Å². The molecule has 1 heterocycles. The van der Waals surface area contributed by atoms with E-state index < -0.39 is 5.97 Å². The van der Waals surface area contributed by atoms with Crippen LogP contribution in [0.3, 0.4) is 0 Å². The molecule has 0 spiro atoms. The molecule has 2 rings (SSSR count). The fourth-order valence-corrected chi connectivity index (χ4v) is 4.14. The quantitative estimate of drug-likeness (QED) is 0.428. The molecule has 2 aromatic rings. The number of ether oxygens (including phenoxy) is 1. The van der Waals surface area contributed by atoms with Crippen molar-refractivity contribution in [1.82, 2.24) is 0 Å². The first kappa shape index (κ1) is 20.2. The summed E-state index contributed by atoms with van der Waals surface area (Å²) >= 11 is 2.52. The molecule has 1 amide bonds. The smallest absolute Gasteiger partial charge is 0.341 e. The maximum Gasteiger partial charge on any atom is 0.341 e. The first-order chi connectivity index (χ1) is 12.3. The van der Waals surface area contributed by atoms with Gasteiger partial charge in [0, 0.05) is 4.90 Å². The van der Waals surface area contributed by atoms with Crippen LogP contribution in [0.15, 0.2) is 29.2 Å². The third kappa shape index (κ3) is 4.95. The fraction of sp³-hybridized carbons (Fsp3) is 0.316. The number of nitrogens with one attached hydrogen (secondary N) is 1. The molecule has 5 nitrogen and oxygen atoms in total. The zero-order valence-corrected chi connectivity index (χ0v) is 16.8. The lowest BCUT2D eigenvalue weighted by molar-refractivity contribution is -0.113. The van der Waals surface area contributed by atoms with Gasteiger partial charge in [-0.15, -0.1) is 23.1 Å². The van der Waals surface area contributed by atoms with Crippen molar-refractivity contribution in [2.75, 3.05) is 17.7 Å². The molecule has 1 aromatic carbocycles. The van der Waals surface area contributed by atoms with Crippen LogP contribution in [0.1, 0.15) is 45.0 Å². The van der Waals surface area contributed by atoms with E-state index in [0.29, 0.717) is 15.4 Å². The molecular weight excluding hydrogens is 370 g/mol. The van der Waals surface area contributed by atoms with Crippen molar-refractivity contribution in [1.29, 1.82) is 0 Å². The van der Waals surface area contributed by atoms with Crippen LogP contribution in [-0.2, 0) is 9.53 Å². The molecule has 0 aliphatic carbocycles. The summed E-state index contributed by atoms with van der Waals surface area (Å²) in [5.74, 6) is -0.710. The minimum absolute atomic E-state index is 0.146. The van der Waals surface area contributed by atoms with Crippen molar-refractivity contribution in [3.8, 4) is 0 Å². The van der Waals surface area contributed by atoms with E-state index in [0.717, 1.165) is 21.8 Å². The minimum Gasteiger partial charge on any atom is -0.462 e. The zero-order valence-electron chi connectivity index (χ0n) is 15.2. The summed E-state index contributed by atoms with van der Waals surface area (Å²) in [6, 6.07) is 7.89. The van der Waals surface area contributed by atoms with Crippen LogP contribution >= 0.6 is 23.1 Å². The number of esters is 1. The Morgan fingerprint density at radius 3 is 2.38 bits per heavy atom. The lowest BCUT2D eigenvalue weighted by Gasteiger charge is -2.07. The Labute approximate surface area is 161 Å². The molecule has 26 heavy (non-hydrogen) atoms. The van der Waals surface area contributed by atoms with Gasteiger partial charge in [-0.05, 0) is 45.4 Å². The molecule has 1 aromatic heterocycles. The number of Topliss-reactive ketones (excluding diaryl/α,β-unsaturated/α-hetero) is 1. The predicted octanol–water partition coefficient (Wildman–Crippen LogP) is 4.48. The largest absolute Gasteiger partial charge is 0.462 e. The topological polar surface area (TPSA) is 72.5 Å². The van der Waals surface area contributed by atoms with Crippen molar-refractivity contribution in [3.05, 3.63) is 45.8 Å². The molecule has 0 atom stereocenters. The monoisotopic (exact) mass is 391 g/mol. The molecule has 1 N–H and O–H groups in total. The summed E-state index contributed by atoms with van der Waals surface area (Å²) < 4.78 is 5.06. The van der Waals surface area contributed by atoms with E-state index in [-0.39, 0.29) is 29.6 Å². The number of hydrogen-bond acceptors (Lipinski definition) is 6. The van der Waals surface area contributed by atoms with Crippen molar-refractivity contribution in [2.24, 2.45) is 0 Å². The number of thioether (sulfide) groups is 1. The molecule has 0 aliphatic heterocycles. The van der Waals surface area contributed by atoms with E-state index in [1.165, 1.54) is 18.7 Å². The number of aryl methyl sites for hydroxylation is 1. The number of benzene rings is 1. The molecule has 0 bridgehead atoms. The molecule has 0 saturated carbocycles. The highest BCUT2D eigenvalue weighted by Gasteiger charge is 2.25. The van der Waals surface area contributed by atoms with Gasteiger partial charge in [0.1, 0.15) is 5.00 Å². The first-order valence-electron chi connectivity index (χ1n) is 8.14. The van der Waals surface area contributed by atoms with Crippen molar-refractivity contribution < 1.29 is 19.1 Å². The van der Waals surface area contributed by atoms with Gasteiger partial charge in [0.2, 0.25) is 5.91 Å². The highest BCUT2D eigenvalue weighted by atomic mass is 32.2. The van der Waals surface area contributed by atoms with Gasteiger partial charge in [-0.2, -0.15) is 0 Å². The summed E-state index contributed by atoms with van der Waals surface area (Å²) in [4.78, 5) is 37.8. The Balaban J connectivity index is 2.15. The van der Waals surface area contributed by atoms with Crippen molar-refractivity contribution in [2.45, 2.75) is 32.6 Å². The van der Waals surface area contributed by atoms with E-state index in [2.05, 4.69) is 5.32 Å². The highest BCUT2D eigenvalue weighted by molar-refractivity contribution is 8.00. The molecular formula is C19H21NO4S2. The van der Waals surface area contributed by atoms with Crippen LogP contribution in [0.5, 0.6) is 0 Å². The predicted molar refractivity (Wildman–Crippen MR) is 106 cm³/mol. The number of carbonyl (C=O) groups is 3. The van der Waals surface area contributed by atoms with E-state index in [4.69, 9.17) is 4.74 Å². The normalized spacial score (nSPS) is 10.5. The number of rotatable bonds is 7. The zero-order chi connectivity index (χ0) is 19.3. The Kier molecular flexibility index (Phi) is 6.99. The number of carbonyl (C=O) groups excluding carboxylic acids is 3. The molecule has 138 valence electrons. The van der Waals surface area contributed by atoms with Crippen LogP contribution in [0.25, 0.3) is 0 Å². The van der Waals surface area contributed by atoms with Gasteiger partial charge in [-0.1, -0.05) is 17.7 Å². The average molecular weight is 392 g/mol. The van der Waals surface area contributed by atoms with Crippen LogP contribution in [0, 0.1) is 13.8 Å². The van der Waals surface area contributed by atoms with Crippen molar-refractivity contribution >= 4 is 45.8 Å². The lowest BCUT2D eigenvalue weighted by Crippen LogP contribution is -2.16. The molecule has 7 heteroatoms. The van der Waals surface area contributed by atoms with Crippen LogP contribution in [-0.4, -0.2) is 30.0 Å². The summed E-state index contributed by atoms with van der Waals surface area (Å²) in [6.45, 7) is 7.06. The lowest BCUT2D eigenvalue weighted by atomic mass is 10.1. The standard InChI is InChI=1S/C19H21NO4S2/c1-5-24-19(23)16-12(3)17(13(4)21)26-18(16)20-15(22)10-25-14-8-6-11(2)7-9-14/h6-9H,5,10H2,1-4H3,(H,20,22). The highest BCUT2D eigenvalue weighted by Crippen LogP contribution is 2.34. The third-order valence-corrected chi connectivity index (χ3v) is 5.91. The molecule has 0 radical (unpaired) electrons. The van der Waals surface area contributed by atoms with E-state index in [1.54, 1.807) is 13.8 Å². The number of amides is 1. The second kappa shape index (κ2) is 9.00. The van der Waals surface area contributed by atoms with Gasteiger partial charge in [0.15, 0.2) is 5.78 Å². The Hall–Kier alpha value is -2.12. The molecule has 0 fully saturated rings. The molecule has 0 unspecified atom stereocenters. The van der Waals surface area contributed by atoms with Gasteiger partial charge < -0.3 is 10.1 Å². The van der Waals surface area contributed by atoms with Gasteiger partial charge >= 0.3 is 5.97 Å². The van der Waals surface area contributed by atoms with Gasteiger partial charge in [0.25, 0.3) is 0 Å². The summed E-state index contributed by atoms with van der Waals surface area (Å²) in [5, 5.41) is 3.11. The SMILES string of the molecule is CCOC(=O)c1c(NC(=O)CSc2ccc(C)cc2)sc(C(C)=O)c1C. The van der Waals surface area contributed by atoms with Gasteiger partial charge in [0.05, 0.1) is 22.8 Å². The second-order valence-corrected chi connectivity index (χ2v) is 7.76. The Morgan fingerprint density at radius 2 is 1.81 bits per heavy atom. The van der Waals surface area contributed by atoms with Gasteiger partial charge in [-0.3, -0.25) is 9.59 Å². The number of anilines is 1. The van der Waals surface area contributed by atoms with Crippen LogP contribution in [0.4, 0.5) is 5.00 Å². The second-order valence-electron chi connectivity index (χ2n) is 5.69. The number of ketones is 1. The van der Waals surface area contributed by atoms with E-state index in [1.807, 2.05) is 31.2 Å². The summed E-state index contributed by atoms with van der Waals surface area (Å²) in [5.41, 5.74) is 1.96.